The quantitative estimate of drug-likeness (QED) is 0.856. The molecular formula is C18H20BrNO2. The Morgan fingerprint density at radius 3 is 2.45 bits per heavy atom. The second kappa shape index (κ2) is 7.45. The van der Waals surface area contributed by atoms with Crippen molar-refractivity contribution in [2.45, 2.75) is 32.9 Å². The Morgan fingerprint density at radius 1 is 1.14 bits per heavy atom. The number of hydrogen-bond acceptors (Lipinski definition) is 2. The fourth-order valence-electron chi connectivity index (χ4n) is 2.10. The summed E-state index contributed by atoms with van der Waals surface area (Å²) < 4.78 is 6.59. The number of hydrogen-bond donors (Lipinski definition) is 1. The first kappa shape index (κ1) is 16.6. The molecule has 0 radical (unpaired) electrons. The van der Waals surface area contributed by atoms with Gasteiger partial charge in [0.15, 0.2) is 6.10 Å². The van der Waals surface area contributed by atoms with Crippen LogP contribution in [-0.2, 0) is 4.79 Å². The van der Waals surface area contributed by atoms with E-state index in [4.69, 9.17) is 4.74 Å². The average molecular weight is 362 g/mol. The van der Waals surface area contributed by atoms with Crippen LogP contribution in [0.2, 0.25) is 0 Å². The van der Waals surface area contributed by atoms with E-state index < -0.39 is 6.10 Å². The molecule has 116 valence electrons. The first-order valence-corrected chi connectivity index (χ1v) is 8.05. The maximum atomic E-state index is 12.3. The summed E-state index contributed by atoms with van der Waals surface area (Å²) in [6.45, 7) is 5.72. The van der Waals surface area contributed by atoms with Crippen LogP contribution < -0.4 is 10.1 Å². The van der Waals surface area contributed by atoms with Crippen molar-refractivity contribution < 1.29 is 9.53 Å². The summed E-state index contributed by atoms with van der Waals surface area (Å²) in [7, 11) is 0. The molecular weight excluding hydrogens is 342 g/mol. The summed E-state index contributed by atoms with van der Waals surface area (Å²) in [4.78, 5) is 12.3. The highest BCUT2D eigenvalue weighted by Crippen LogP contribution is 2.26. The Kier molecular flexibility index (Phi) is 5.61. The summed E-state index contributed by atoms with van der Waals surface area (Å²) in [5, 5.41) is 2.97. The molecule has 2 atom stereocenters. The number of rotatable bonds is 5. The zero-order valence-corrected chi connectivity index (χ0v) is 14.6. The van der Waals surface area contributed by atoms with E-state index in [9.17, 15) is 4.79 Å². The van der Waals surface area contributed by atoms with Crippen molar-refractivity contribution in [3.63, 3.8) is 0 Å². The van der Waals surface area contributed by atoms with Crippen LogP contribution in [-0.4, -0.2) is 12.0 Å². The Morgan fingerprint density at radius 2 is 1.82 bits per heavy atom. The molecule has 0 spiro atoms. The van der Waals surface area contributed by atoms with E-state index in [0.29, 0.717) is 5.75 Å². The van der Waals surface area contributed by atoms with Gasteiger partial charge in [0.2, 0.25) is 0 Å². The molecule has 0 bridgehead atoms. The third-order valence-electron chi connectivity index (χ3n) is 3.42. The number of nitrogens with one attached hydrogen (secondary N) is 1. The Labute approximate surface area is 139 Å². The normalized spacial score (nSPS) is 13.3. The highest BCUT2D eigenvalue weighted by molar-refractivity contribution is 9.10. The number of halogens is 1. The van der Waals surface area contributed by atoms with E-state index in [-0.39, 0.29) is 11.9 Å². The van der Waals surface area contributed by atoms with Gasteiger partial charge in [-0.05, 0) is 60.0 Å². The highest BCUT2D eigenvalue weighted by atomic mass is 79.9. The van der Waals surface area contributed by atoms with Gasteiger partial charge >= 0.3 is 0 Å². The first-order chi connectivity index (χ1) is 10.5. The van der Waals surface area contributed by atoms with Crippen LogP contribution in [0.25, 0.3) is 0 Å². The fourth-order valence-corrected chi connectivity index (χ4v) is 2.69. The molecule has 0 aliphatic carbocycles. The summed E-state index contributed by atoms with van der Waals surface area (Å²) in [5.74, 6) is 0.532. The van der Waals surface area contributed by atoms with Gasteiger partial charge in [-0.25, -0.2) is 0 Å². The number of aryl methyl sites for hydroxylation is 1. The summed E-state index contributed by atoms with van der Waals surface area (Å²) in [6.07, 6.45) is -0.565. The summed E-state index contributed by atoms with van der Waals surface area (Å²) in [5.41, 5.74) is 2.20. The van der Waals surface area contributed by atoms with Crippen LogP contribution in [0.4, 0.5) is 0 Å². The molecule has 1 amide bonds. The molecule has 4 heteroatoms. The lowest BCUT2D eigenvalue weighted by molar-refractivity contribution is -0.127. The van der Waals surface area contributed by atoms with Gasteiger partial charge in [-0.15, -0.1) is 0 Å². The van der Waals surface area contributed by atoms with Crippen molar-refractivity contribution in [2.75, 3.05) is 0 Å². The van der Waals surface area contributed by atoms with E-state index in [1.54, 1.807) is 6.92 Å². The zero-order valence-electron chi connectivity index (χ0n) is 13.0. The molecule has 0 saturated heterocycles. The number of amides is 1. The van der Waals surface area contributed by atoms with Gasteiger partial charge in [0.05, 0.1) is 10.5 Å². The van der Waals surface area contributed by atoms with Crippen molar-refractivity contribution in [2.24, 2.45) is 0 Å². The van der Waals surface area contributed by atoms with Crippen molar-refractivity contribution in [3.05, 3.63) is 64.1 Å². The number of carbonyl (C=O) groups excluding carboxylic acids is 1. The lowest BCUT2D eigenvalue weighted by Crippen LogP contribution is -2.37. The lowest BCUT2D eigenvalue weighted by Gasteiger charge is -2.19. The average Bonchev–Trinajstić information content (AvgIpc) is 2.50. The highest BCUT2D eigenvalue weighted by Gasteiger charge is 2.18. The third-order valence-corrected chi connectivity index (χ3v) is 4.04. The minimum absolute atomic E-state index is 0.0544. The van der Waals surface area contributed by atoms with Crippen LogP contribution in [0, 0.1) is 6.92 Å². The smallest absolute Gasteiger partial charge is 0.261 e. The SMILES string of the molecule is Cc1ccc(OC(C)C(=O)NC(C)c2ccccc2)c(Br)c1. The van der Waals surface area contributed by atoms with Crippen LogP contribution in [0.3, 0.4) is 0 Å². The van der Waals surface area contributed by atoms with Gasteiger partial charge in [-0.2, -0.15) is 0 Å². The van der Waals surface area contributed by atoms with E-state index in [1.165, 1.54) is 0 Å². The van der Waals surface area contributed by atoms with Crippen molar-refractivity contribution >= 4 is 21.8 Å². The molecule has 0 aliphatic heterocycles. The van der Waals surface area contributed by atoms with Crippen LogP contribution in [0.1, 0.15) is 31.0 Å². The van der Waals surface area contributed by atoms with E-state index in [2.05, 4.69) is 21.2 Å². The standard InChI is InChI=1S/C18H20BrNO2/c1-12-9-10-17(16(19)11-12)22-14(3)18(21)20-13(2)15-7-5-4-6-8-15/h4-11,13-14H,1-3H3,(H,20,21). The molecule has 0 aliphatic rings. The molecule has 2 aromatic carbocycles. The molecule has 3 nitrogen and oxygen atoms in total. The predicted molar refractivity (Wildman–Crippen MR) is 92.0 cm³/mol. The van der Waals surface area contributed by atoms with E-state index >= 15 is 0 Å². The van der Waals surface area contributed by atoms with Crippen molar-refractivity contribution in [3.8, 4) is 5.75 Å². The maximum absolute atomic E-state index is 12.3. The first-order valence-electron chi connectivity index (χ1n) is 7.25. The van der Waals surface area contributed by atoms with Crippen molar-refractivity contribution in [1.82, 2.24) is 5.32 Å². The monoisotopic (exact) mass is 361 g/mol. The minimum atomic E-state index is -0.565. The Balaban J connectivity index is 1.97. The third kappa shape index (κ3) is 4.34. The zero-order chi connectivity index (χ0) is 16.1. The topological polar surface area (TPSA) is 38.3 Å². The van der Waals surface area contributed by atoms with Gasteiger partial charge in [0.1, 0.15) is 5.75 Å². The molecule has 0 fully saturated rings. The second-order valence-corrected chi connectivity index (χ2v) is 6.19. The summed E-state index contributed by atoms with van der Waals surface area (Å²) in [6, 6.07) is 15.6. The molecule has 1 N–H and O–H groups in total. The van der Waals surface area contributed by atoms with Gasteiger partial charge in [-0.1, -0.05) is 36.4 Å². The second-order valence-electron chi connectivity index (χ2n) is 5.33. The molecule has 22 heavy (non-hydrogen) atoms. The molecule has 2 aromatic rings. The fraction of sp³-hybridized carbons (Fsp3) is 0.278. The van der Waals surface area contributed by atoms with Crippen LogP contribution in [0.5, 0.6) is 5.75 Å². The van der Waals surface area contributed by atoms with Gasteiger partial charge in [-0.3, -0.25) is 4.79 Å². The number of benzene rings is 2. The molecule has 0 saturated carbocycles. The molecule has 2 unspecified atom stereocenters. The molecule has 2 rings (SSSR count). The predicted octanol–water partition coefficient (Wildman–Crippen LogP) is 4.40. The van der Waals surface area contributed by atoms with Gasteiger partial charge in [0, 0.05) is 0 Å². The minimum Gasteiger partial charge on any atom is -0.480 e. The maximum Gasteiger partial charge on any atom is 0.261 e. The van der Waals surface area contributed by atoms with Gasteiger partial charge < -0.3 is 10.1 Å². The Bertz CT molecular complexity index is 643. The number of ether oxygens (including phenoxy) is 1. The molecule has 0 aromatic heterocycles. The van der Waals surface area contributed by atoms with Gasteiger partial charge in [0.25, 0.3) is 5.91 Å². The van der Waals surface area contributed by atoms with Crippen molar-refractivity contribution in [1.29, 1.82) is 0 Å². The van der Waals surface area contributed by atoms with E-state index in [0.717, 1.165) is 15.6 Å². The lowest BCUT2D eigenvalue weighted by atomic mass is 10.1. The Hall–Kier alpha value is -1.81. The van der Waals surface area contributed by atoms with Crippen LogP contribution >= 0.6 is 15.9 Å². The summed E-state index contributed by atoms with van der Waals surface area (Å²) >= 11 is 3.46. The van der Waals surface area contributed by atoms with E-state index in [1.807, 2.05) is 62.4 Å². The largest absolute Gasteiger partial charge is 0.480 e. The van der Waals surface area contributed by atoms with Crippen LogP contribution in [0.15, 0.2) is 53.0 Å². The molecule has 0 heterocycles. The number of carbonyl (C=O) groups is 1.